The van der Waals surface area contributed by atoms with Crippen LogP contribution in [-0.2, 0) is 6.42 Å². The number of aliphatic hydroxyl groups is 1. The topological polar surface area (TPSA) is 91.7 Å². The van der Waals surface area contributed by atoms with Gasteiger partial charge in [0.25, 0.3) is 0 Å². The van der Waals surface area contributed by atoms with Crippen molar-refractivity contribution in [3.05, 3.63) is 83.7 Å². The number of aromatic nitrogens is 1. The predicted molar refractivity (Wildman–Crippen MR) is 114 cm³/mol. The Kier molecular flexibility index (Phi) is 6.07. The Bertz CT molecular complexity index is 1010. The van der Waals surface area contributed by atoms with Crippen molar-refractivity contribution < 1.29 is 19.7 Å². The maximum Gasteiger partial charge on any atom is 0.335 e. The standard InChI is InChI=1S/C24H24N2O4/c27-22(20-2-1-11-25-13-20)15-26-14-21-9-7-19-12-18(8-10-23(19)30-21)16-3-5-17(6-4-16)24(28)29/h1-6,8,10-13,21-22,26-27H,7,9,14-15H2,(H,28,29)/t21-,22+/m1/s1. The highest BCUT2D eigenvalue weighted by Crippen LogP contribution is 2.32. The highest BCUT2D eigenvalue weighted by Gasteiger charge is 2.20. The third kappa shape index (κ3) is 4.67. The number of nitrogens with one attached hydrogen (secondary N) is 1. The number of aromatic carboxylic acids is 1. The highest BCUT2D eigenvalue weighted by molar-refractivity contribution is 5.88. The third-order valence-corrected chi connectivity index (χ3v) is 5.33. The lowest BCUT2D eigenvalue weighted by Gasteiger charge is -2.27. The van der Waals surface area contributed by atoms with Crippen LogP contribution in [0.5, 0.6) is 5.75 Å². The van der Waals surface area contributed by atoms with Gasteiger partial charge in [-0.3, -0.25) is 4.98 Å². The molecule has 2 heterocycles. The van der Waals surface area contributed by atoms with Crippen LogP contribution in [0.3, 0.4) is 0 Å². The fourth-order valence-corrected chi connectivity index (χ4v) is 3.65. The van der Waals surface area contributed by atoms with E-state index in [4.69, 9.17) is 9.84 Å². The molecule has 0 spiro atoms. The van der Waals surface area contributed by atoms with Gasteiger partial charge in [0.15, 0.2) is 0 Å². The van der Waals surface area contributed by atoms with Gasteiger partial charge >= 0.3 is 5.97 Å². The summed E-state index contributed by atoms with van der Waals surface area (Å²) < 4.78 is 6.13. The number of carbonyl (C=O) groups is 1. The minimum absolute atomic E-state index is 0.0549. The van der Waals surface area contributed by atoms with Crippen molar-refractivity contribution in [2.75, 3.05) is 13.1 Å². The molecule has 2 atom stereocenters. The number of nitrogens with zero attached hydrogens (tertiary/aromatic N) is 1. The molecule has 1 aromatic heterocycles. The number of pyridine rings is 1. The van der Waals surface area contributed by atoms with Gasteiger partial charge < -0.3 is 20.3 Å². The molecular weight excluding hydrogens is 380 g/mol. The molecule has 154 valence electrons. The van der Waals surface area contributed by atoms with E-state index < -0.39 is 12.1 Å². The van der Waals surface area contributed by atoms with Gasteiger partial charge in [-0.15, -0.1) is 0 Å². The Morgan fingerprint density at radius 2 is 1.97 bits per heavy atom. The van der Waals surface area contributed by atoms with E-state index in [2.05, 4.69) is 16.4 Å². The van der Waals surface area contributed by atoms with Gasteiger partial charge in [-0.05, 0) is 59.9 Å². The second-order valence-corrected chi connectivity index (χ2v) is 7.44. The van der Waals surface area contributed by atoms with E-state index >= 15 is 0 Å². The van der Waals surface area contributed by atoms with E-state index in [1.54, 1.807) is 24.5 Å². The summed E-state index contributed by atoms with van der Waals surface area (Å²) in [6.45, 7) is 1.11. The molecule has 0 fully saturated rings. The van der Waals surface area contributed by atoms with Crippen LogP contribution in [0.4, 0.5) is 0 Å². The lowest BCUT2D eigenvalue weighted by Crippen LogP contribution is -2.36. The molecule has 0 aliphatic carbocycles. The van der Waals surface area contributed by atoms with Crippen molar-refractivity contribution in [2.24, 2.45) is 0 Å². The zero-order valence-corrected chi connectivity index (χ0v) is 16.5. The van der Waals surface area contributed by atoms with Crippen LogP contribution in [0.2, 0.25) is 0 Å². The smallest absolute Gasteiger partial charge is 0.335 e. The second-order valence-electron chi connectivity index (χ2n) is 7.44. The average molecular weight is 404 g/mol. The average Bonchev–Trinajstić information content (AvgIpc) is 2.79. The summed E-state index contributed by atoms with van der Waals surface area (Å²) in [5.41, 5.74) is 4.26. The number of carboxylic acid groups (broad SMARTS) is 1. The molecule has 0 bridgehead atoms. The number of fused-ring (bicyclic) bond motifs is 1. The molecule has 0 amide bonds. The second kappa shape index (κ2) is 9.07. The third-order valence-electron chi connectivity index (χ3n) is 5.33. The van der Waals surface area contributed by atoms with Gasteiger partial charge in [0.2, 0.25) is 0 Å². The number of aliphatic hydroxyl groups excluding tert-OH is 1. The van der Waals surface area contributed by atoms with E-state index in [1.165, 1.54) is 0 Å². The number of ether oxygens (including phenoxy) is 1. The minimum Gasteiger partial charge on any atom is -0.489 e. The molecule has 1 aliphatic rings. The SMILES string of the molecule is O=C(O)c1ccc(-c2ccc3c(c2)CC[C@H](CNC[C@H](O)c2cccnc2)O3)cc1. The van der Waals surface area contributed by atoms with E-state index in [-0.39, 0.29) is 11.7 Å². The monoisotopic (exact) mass is 404 g/mol. The first-order valence-corrected chi connectivity index (χ1v) is 10.0. The molecule has 3 N–H and O–H groups in total. The number of rotatable bonds is 7. The van der Waals surface area contributed by atoms with Gasteiger partial charge in [0, 0.05) is 31.0 Å². The van der Waals surface area contributed by atoms with Crippen molar-refractivity contribution in [2.45, 2.75) is 25.0 Å². The maximum atomic E-state index is 11.0. The summed E-state index contributed by atoms with van der Waals surface area (Å²) in [6.07, 6.45) is 4.63. The number of hydrogen-bond acceptors (Lipinski definition) is 5. The zero-order valence-electron chi connectivity index (χ0n) is 16.5. The Labute approximate surface area is 175 Å². The summed E-state index contributed by atoms with van der Waals surface area (Å²) >= 11 is 0. The molecule has 0 radical (unpaired) electrons. The Morgan fingerprint density at radius 1 is 1.17 bits per heavy atom. The Morgan fingerprint density at radius 3 is 2.70 bits per heavy atom. The Hall–Kier alpha value is -3.22. The van der Waals surface area contributed by atoms with E-state index in [0.29, 0.717) is 13.1 Å². The number of carboxylic acids is 1. The van der Waals surface area contributed by atoms with E-state index in [9.17, 15) is 9.90 Å². The number of aryl methyl sites for hydroxylation is 1. The van der Waals surface area contributed by atoms with E-state index in [1.807, 2.05) is 36.4 Å². The highest BCUT2D eigenvalue weighted by atomic mass is 16.5. The molecule has 2 aromatic carbocycles. The van der Waals surface area contributed by atoms with E-state index in [0.717, 1.165) is 40.8 Å². The first-order valence-electron chi connectivity index (χ1n) is 10.0. The maximum absolute atomic E-state index is 11.0. The van der Waals surface area contributed by atoms with Crippen molar-refractivity contribution in [1.82, 2.24) is 10.3 Å². The number of hydrogen-bond donors (Lipinski definition) is 3. The van der Waals surface area contributed by atoms with Crippen molar-refractivity contribution >= 4 is 5.97 Å². The summed E-state index contributed by atoms with van der Waals surface area (Å²) in [4.78, 5) is 15.0. The summed E-state index contributed by atoms with van der Waals surface area (Å²) in [6, 6.07) is 16.7. The molecular formula is C24H24N2O4. The van der Waals surface area contributed by atoms with Crippen LogP contribution >= 0.6 is 0 Å². The first-order chi connectivity index (χ1) is 14.6. The quantitative estimate of drug-likeness (QED) is 0.559. The number of benzene rings is 2. The molecule has 0 unspecified atom stereocenters. The zero-order chi connectivity index (χ0) is 20.9. The molecule has 0 saturated carbocycles. The molecule has 4 rings (SSSR count). The van der Waals surface area contributed by atoms with Crippen LogP contribution in [0.1, 0.15) is 34.0 Å². The molecule has 6 heteroatoms. The lowest BCUT2D eigenvalue weighted by molar-refractivity contribution is 0.0697. The van der Waals surface area contributed by atoms with Gasteiger partial charge in [-0.25, -0.2) is 4.79 Å². The Balaban J connectivity index is 1.34. The van der Waals surface area contributed by atoms with Crippen LogP contribution < -0.4 is 10.1 Å². The van der Waals surface area contributed by atoms with Crippen molar-refractivity contribution in [3.8, 4) is 16.9 Å². The van der Waals surface area contributed by atoms with Crippen LogP contribution in [0.25, 0.3) is 11.1 Å². The summed E-state index contributed by atoms with van der Waals surface area (Å²) in [5.74, 6) is -0.0419. The molecule has 30 heavy (non-hydrogen) atoms. The molecule has 1 aliphatic heterocycles. The van der Waals surface area contributed by atoms with Gasteiger partial charge in [0.1, 0.15) is 11.9 Å². The van der Waals surface area contributed by atoms with Crippen LogP contribution in [0, 0.1) is 0 Å². The lowest BCUT2D eigenvalue weighted by atomic mass is 9.96. The largest absolute Gasteiger partial charge is 0.489 e. The molecule has 3 aromatic rings. The normalized spacial score (nSPS) is 16.4. The fourth-order valence-electron chi connectivity index (χ4n) is 3.65. The predicted octanol–water partition coefficient (Wildman–Crippen LogP) is 3.46. The fraction of sp³-hybridized carbons (Fsp3) is 0.250. The van der Waals surface area contributed by atoms with Crippen molar-refractivity contribution in [1.29, 1.82) is 0 Å². The van der Waals surface area contributed by atoms with Crippen LogP contribution in [-0.4, -0.2) is 40.4 Å². The summed E-state index contributed by atoms with van der Waals surface area (Å²) in [7, 11) is 0. The van der Waals surface area contributed by atoms with Gasteiger partial charge in [-0.1, -0.05) is 24.3 Å². The molecule has 0 saturated heterocycles. The van der Waals surface area contributed by atoms with Gasteiger partial charge in [0.05, 0.1) is 11.7 Å². The minimum atomic E-state index is -0.923. The molecule has 6 nitrogen and oxygen atoms in total. The van der Waals surface area contributed by atoms with Crippen LogP contribution in [0.15, 0.2) is 67.0 Å². The summed E-state index contributed by atoms with van der Waals surface area (Å²) in [5, 5.41) is 22.5. The van der Waals surface area contributed by atoms with Gasteiger partial charge in [-0.2, -0.15) is 0 Å². The van der Waals surface area contributed by atoms with Crippen molar-refractivity contribution in [3.63, 3.8) is 0 Å². The first kappa shape index (κ1) is 20.1.